The van der Waals surface area contributed by atoms with Gasteiger partial charge < -0.3 is 4.74 Å². The van der Waals surface area contributed by atoms with E-state index in [-0.39, 0.29) is 0 Å². The highest BCUT2D eigenvalue weighted by Crippen LogP contribution is 2.63. The Morgan fingerprint density at radius 3 is 1.91 bits per heavy atom. The number of alkyl halides is 1. The molecule has 0 saturated carbocycles. The van der Waals surface area contributed by atoms with E-state index in [1.807, 2.05) is 48.5 Å². The fraction of sp³-hybridized carbons (Fsp3) is 0.222. The number of hydrogen-bond acceptors (Lipinski definition) is 3. The molecule has 2 aromatic carbocycles. The monoisotopic (exact) mass is 294 g/mol. The average molecular weight is 294 g/mol. The topological polar surface area (TPSA) is 43.4 Å². The number of halogens is 1. The van der Waals surface area contributed by atoms with Crippen LogP contribution in [-0.2, 0) is 14.3 Å². The normalized spacial score (nSPS) is 34.0. The molecule has 1 fully saturated rings. The van der Waals surface area contributed by atoms with Crippen molar-refractivity contribution >= 4 is 11.9 Å². The van der Waals surface area contributed by atoms with Gasteiger partial charge in [-0.15, -0.1) is 0 Å². The van der Waals surface area contributed by atoms with Crippen LogP contribution in [0, 0.1) is 5.92 Å². The maximum absolute atomic E-state index is 15.8. The van der Waals surface area contributed by atoms with Crippen LogP contribution in [0.1, 0.15) is 34.1 Å². The summed E-state index contributed by atoms with van der Waals surface area (Å²) in [6, 6.07) is 14.9. The molecular weight excluding hydrogens is 283 g/mol. The molecule has 3 nitrogen and oxygen atoms in total. The van der Waals surface area contributed by atoms with E-state index in [4.69, 9.17) is 4.74 Å². The van der Waals surface area contributed by atoms with Gasteiger partial charge in [0.05, 0.1) is 5.92 Å². The van der Waals surface area contributed by atoms with Crippen LogP contribution >= 0.6 is 0 Å². The quantitative estimate of drug-likeness (QED) is 0.554. The Morgan fingerprint density at radius 1 is 0.864 bits per heavy atom. The van der Waals surface area contributed by atoms with Gasteiger partial charge in [-0.3, -0.25) is 4.79 Å². The molecule has 4 heteroatoms. The van der Waals surface area contributed by atoms with Crippen molar-refractivity contribution in [2.45, 2.75) is 17.5 Å². The van der Waals surface area contributed by atoms with Crippen LogP contribution in [-0.4, -0.2) is 17.6 Å². The highest BCUT2D eigenvalue weighted by Gasteiger charge is 2.71. The molecule has 2 bridgehead atoms. The van der Waals surface area contributed by atoms with Crippen molar-refractivity contribution in [1.29, 1.82) is 0 Å². The fourth-order valence-electron chi connectivity index (χ4n) is 4.47. The first kappa shape index (κ1) is 12.1. The SMILES string of the molecule is O=C1OC(=O)C2(F)C3c4ccccc4C(c4ccccc43)C12. The smallest absolute Gasteiger partial charge is 0.353 e. The summed E-state index contributed by atoms with van der Waals surface area (Å²) in [7, 11) is 0. The van der Waals surface area contributed by atoms with Crippen molar-refractivity contribution in [2.75, 3.05) is 0 Å². The number of rotatable bonds is 0. The van der Waals surface area contributed by atoms with E-state index < -0.39 is 35.4 Å². The Bertz CT molecular complexity index is 811. The molecule has 1 saturated heterocycles. The van der Waals surface area contributed by atoms with Gasteiger partial charge in [0.1, 0.15) is 5.92 Å². The maximum atomic E-state index is 15.8. The summed E-state index contributed by atoms with van der Waals surface area (Å²) in [4.78, 5) is 24.3. The van der Waals surface area contributed by atoms with E-state index in [1.54, 1.807) is 0 Å². The minimum absolute atomic E-state index is 0.457. The Hall–Kier alpha value is -2.49. The van der Waals surface area contributed by atoms with Gasteiger partial charge in [-0.1, -0.05) is 48.5 Å². The number of carbonyl (C=O) groups excluding carboxylic acids is 2. The van der Waals surface area contributed by atoms with Gasteiger partial charge in [0.15, 0.2) is 0 Å². The molecular formula is C18H11FO3. The van der Waals surface area contributed by atoms with E-state index in [1.165, 1.54) is 0 Å². The second kappa shape index (κ2) is 3.64. The molecule has 1 heterocycles. The predicted molar refractivity (Wildman–Crippen MR) is 75.0 cm³/mol. The molecule has 3 aliphatic carbocycles. The third-order valence-corrected chi connectivity index (χ3v) is 5.25. The molecule has 2 atom stereocenters. The Kier molecular flexibility index (Phi) is 2.00. The molecule has 2 aromatic rings. The number of esters is 2. The highest BCUT2D eigenvalue weighted by atomic mass is 19.1. The van der Waals surface area contributed by atoms with E-state index >= 15 is 4.39 Å². The molecule has 0 spiro atoms. The third-order valence-electron chi connectivity index (χ3n) is 5.25. The van der Waals surface area contributed by atoms with E-state index in [2.05, 4.69) is 0 Å². The van der Waals surface area contributed by atoms with E-state index in [0.29, 0.717) is 0 Å². The summed E-state index contributed by atoms with van der Waals surface area (Å²) >= 11 is 0. The standard InChI is InChI=1S/C18H11FO3/c19-18-14-11-7-3-1-5-9(11)13(10-6-2-4-8-12(10)14)15(18)16(20)22-17(18)21/h1-8,13-15H. The average Bonchev–Trinajstić information content (AvgIpc) is 2.77. The number of cyclic esters (lactones) is 2. The summed E-state index contributed by atoms with van der Waals surface area (Å²) in [5.74, 6) is -4.09. The zero-order chi connectivity index (χ0) is 15.1. The van der Waals surface area contributed by atoms with Crippen LogP contribution in [0.4, 0.5) is 4.39 Å². The number of benzene rings is 2. The number of carbonyl (C=O) groups is 2. The number of ether oxygens (including phenoxy) is 1. The minimum Gasteiger partial charge on any atom is -0.390 e. The van der Waals surface area contributed by atoms with E-state index in [9.17, 15) is 9.59 Å². The van der Waals surface area contributed by atoms with Crippen molar-refractivity contribution in [3.8, 4) is 0 Å². The lowest BCUT2D eigenvalue weighted by Crippen LogP contribution is -2.53. The number of hydrogen-bond donors (Lipinski definition) is 0. The lowest BCUT2D eigenvalue weighted by atomic mass is 9.53. The largest absolute Gasteiger partial charge is 0.390 e. The lowest BCUT2D eigenvalue weighted by molar-refractivity contribution is -0.156. The lowest BCUT2D eigenvalue weighted by Gasteiger charge is -2.47. The van der Waals surface area contributed by atoms with Gasteiger partial charge in [-0.05, 0) is 22.3 Å². The molecule has 6 rings (SSSR count). The Labute approximate surface area is 125 Å². The maximum Gasteiger partial charge on any atom is 0.353 e. The third kappa shape index (κ3) is 1.11. The van der Waals surface area contributed by atoms with Crippen molar-refractivity contribution in [3.05, 3.63) is 70.8 Å². The summed E-state index contributed by atoms with van der Waals surface area (Å²) in [5.41, 5.74) is 1.14. The first-order valence-corrected chi connectivity index (χ1v) is 7.26. The zero-order valence-corrected chi connectivity index (χ0v) is 11.5. The van der Waals surface area contributed by atoms with Crippen LogP contribution in [0.5, 0.6) is 0 Å². The van der Waals surface area contributed by atoms with Gasteiger partial charge in [-0.2, -0.15) is 0 Å². The van der Waals surface area contributed by atoms with Crippen molar-refractivity contribution < 1.29 is 18.7 Å². The van der Waals surface area contributed by atoms with Gasteiger partial charge in [0.25, 0.3) is 0 Å². The highest BCUT2D eigenvalue weighted by molar-refractivity contribution is 6.04. The minimum atomic E-state index is -2.29. The zero-order valence-electron chi connectivity index (χ0n) is 11.5. The van der Waals surface area contributed by atoms with E-state index in [0.717, 1.165) is 22.3 Å². The van der Waals surface area contributed by atoms with Crippen molar-refractivity contribution in [1.82, 2.24) is 0 Å². The Morgan fingerprint density at radius 2 is 1.36 bits per heavy atom. The van der Waals surface area contributed by atoms with Gasteiger partial charge >= 0.3 is 11.9 Å². The molecule has 1 aliphatic heterocycles. The van der Waals surface area contributed by atoms with Crippen LogP contribution in [0.2, 0.25) is 0 Å². The summed E-state index contributed by atoms with van der Waals surface area (Å²) in [5, 5.41) is 0. The molecule has 0 N–H and O–H groups in total. The molecule has 0 aromatic heterocycles. The summed E-state index contributed by atoms with van der Waals surface area (Å²) in [6.45, 7) is 0. The molecule has 2 unspecified atom stereocenters. The molecule has 0 amide bonds. The van der Waals surface area contributed by atoms with Crippen molar-refractivity contribution in [3.63, 3.8) is 0 Å². The summed E-state index contributed by atoms with van der Waals surface area (Å²) in [6.07, 6.45) is 0. The first-order chi connectivity index (χ1) is 10.6. The second-order valence-electron chi connectivity index (χ2n) is 6.12. The second-order valence-corrected chi connectivity index (χ2v) is 6.12. The first-order valence-electron chi connectivity index (χ1n) is 7.26. The Balaban J connectivity index is 1.92. The summed E-state index contributed by atoms with van der Waals surface area (Å²) < 4.78 is 20.5. The predicted octanol–water partition coefficient (Wildman–Crippen LogP) is 2.69. The van der Waals surface area contributed by atoms with Gasteiger partial charge in [0.2, 0.25) is 5.67 Å². The van der Waals surface area contributed by atoms with Gasteiger partial charge in [0, 0.05) is 5.92 Å². The van der Waals surface area contributed by atoms with Crippen LogP contribution in [0.25, 0.3) is 0 Å². The fourth-order valence-corrected chi connectivity index (χ4v) is 4.47. The van der Waals surface area contributed by atoms with Crippen LogP contribution in [0.15, 0.2) is 48.5 Å². The molecule has 4 aliphatic rings. The van der Waals surface area contributed by atoms with Crippen LogP contribution < -0.4 is 0 Å². The molecule has 22 heavy (non-hydrogen) atoms. The van der Waals surface area contributed by atoms with Gasteiger partial charge in [-0.25, -0.2) is 9.18 Å². The van der Waals surface area contributed by atoms with Crippen LogP contribution in [0.3, 0.4) is 0 Å². The van der Waals surface area contributed by atoms with Crippen molar-refractivity contribution in [2.24, 2.45) is 5.92 Å². The molecule has 108 valence electrons. The molecule has 0 radical (unpaired) electrons.